The van der Waals surface area contributed by atoms with Gasteiger partial charge in [-0.25, -0.2) is 4.98 Å². The summed E-state index contributed by atoms with van der Waals surface area (Å²) in [5.74, 6) is 0. The minimum atomic E-state index is 0.910. The average Bonchev–Trinajstić information content (AvgIpc) is 2.66. The maximum Gasteiger partial charge on any atom is 0.0949 e. The van der Waals surface area contributed by atoms with Crippen LogP contribution < -0.4 is 0 Å². The molecule has 72 valence electrons. The van der Waals surface area contributed by atoms with Crippen molar-refractivity contribution in [2.24, 2.45) is 0 Å². The van der Waals surface area contributed by atoms with Gasteiger partial charge in [0, 0.05) is 18.9 Å². The van der Waals surface area contributed by atoms with E-state index in [9.17, 15) is 0 Å². The number of aryl methyl sites for hydroxylation is 1. The van der Waals surface area contributed by atoms with Gasteiger partial charge in [0.25, 0.3) is 0 Å². The Hall–Kier alpha value is -1.57. The van der Waals surface area contributed by atoms with Crippen LogP contribution in [0.3, 0.4) is 0 Å². The van der Waals surface area contributed by atoms with Gasteiger partial charge in [-0.2, -0.15) is 0 Å². The van der Waals surface area contributed by atoms with Gasteiger partial charge in [0.1, 0.15) is 0 Å². The molecule has 0 aliphatic rings. The minimum Gasteiger partial charge on any atom is -0.333 e. The molecule has 0 aliphatic carbocycles. The predicted octanol–water partition coefficient (Wildman–Crippen LogP) is 2.55. The molecule has 0 amide bonds. The molecule has 1 heterocycles. The van der Waals surface area contributed by atoms with Gasteiger partial charge in [-0.15, -0.1) is 0 Å². The van der Waals surface area contributed by atoms with E-state index >= 15 is 0 Å². The van der Waals surface area contributed by atoms with E-state index in [2.05, 4.69) is 41.6 Å². The Morgan fingerprint density at radius 3 is 2.86 bits per heavy atom. The third kappa shape index (κ3) is 1.69. The molecule has 2 aromatic rings. The monoisotopic (exact) mass is 186 g/mol. The molecule has 0 spiro atoms. The molecular formula is C12H14N2. The maximum atomic E-state index is 4.03. The molecule has 0 saturated heterocycles. The van der Waals surface area contributed by atoms with Crippen LogP contribution in [0.4, 0.5) is 0 Å². The summed E-state index contributed by atoms with van der Waals surface area (Å²) < 4.78 is 2.09. The first kappa shape index (κ1) is 9.00. The van der Waals surface area contributed by atoms with E-state index in [0.29, 0.717) is 0 Å². The second kappa shape index (κ2) is 3.66. The fraction of sp³-hybridized carbons (Fsp3) is 0.250. The van der Waals surface area contributed by atoms with Crippen LogP contribution in [-0.2, 0) is 6.54 Å². The number of benzene rings is 1. The van der Waals surface area contributed by atoms with Gasteiger partial charge < -0.3 is 4.57 Å². The molecular weight excluding hydrogens is 172 g/mol. The summed E-state index contributed by atoms with van der Waals surface area (Å²) in [6.45, 7) is 5.22. The lowest BCUT2D eigenvalue weighted by atomic mass is 10.0. The van der Waals surface area contributed by atoms with Crippen molar-refractivity contribution < 1.29 is 0 Å². The number of imidazole rings is 1. The van der Waals surface area contributed by atoms with Crippen molar-refractivity contribution in [2.45, 2.75) is 20.4 Å². The van der Waals surface area contributed by atoms with E-state index in [1.165, 1.54) is 16.7 Å². The second-order valence-electron chi connectivity index (χ2n) is 3.59. The van der Waals surface area contributed by atoms with Crippen LogP contribution in [0.25, 0.3) is 0 Å². The Labute approximate surface area is 84.2 Å². The van der Waals surface area contributed by atoms with E-state index < -0.39 is 0 Å². The van der Waals surface area contributed by atoms with E-state index in [4.69, 9.17) is 0 Å². The minimum absolute atomic E-state index is 0.910. The lowest BCUT2D eigenvalue weighted by Gasteiger charge is -2.08. The molecule has 0 saturated carbocycles. The highest BCUT2D eigenvalue weighted by Crippen LogP contribution is 2.13. The largest absolute Gasteiger partial charge is 0.333 e. The summed E-state index contributed by atoms with van der Waals surface area (Å²) >= 11 is 0. The highest BCUT2D eigenvalue weighted by molar-refractivity contribution is 5.33. The van der Waals surface area contributed by atoms with Crippen LogP contribution in [0.1, 0.15) is 16.7 Å². The number of rotatable bonds is 2. The first-order valence-corrected chi connectivity index (χ1v) is 4.78. The van der Waals surface area contributed by atoms with E-state index in [-0.39, 0.29) is 0 Å². The summed E-state index contributed by atoms with van der Waals surface area (Å²) in [7, 11) is 0. The van der Waals surface area contributed by atoms with E-state index in [1.807, 2.05) is 18.7 Å². The quantitative estimate of drug-likeness (QED) is 0.704. The molecule has 0 atom stereocenters. The summed E-state index contributed by atoms with van der Waals surface area (Å²) in [4.78, 5) is 4.03. The molecule has 0 N–H and O–H groups in total. The molecule has 0 fully saturated rings. The van der Waals surface area contributed by atoms with Gasteiger partial charge in [-0.3, -0.25) is 0 Å². The van der Waals surface area contributed by atoms with Gasteiger partial charge in [0.2, 0.25) is 0 Å². The number of nitrogens with zero attached hydrogens (tertiary/aromatic N) is 2. The zero-order valence-electron chi connectivity index (χ0n) is 8.57. The molecule has 0 aliphatic heterocycles. The first-order chi connectivity index (χ1) is 6.77. The first-order valence-electron chi connectivity index (χ1n) is 4.78. The fourth-order valence-corrected chi connectivity index (χ4v) is 1.56. The number of hydrogen-bond donors (Lipinski definition) is 0. The Kier molecular flexibility index (Phi) is 2.35. The molecule has 0 unspecified atom stereocenters. The Morgan fingerprint density at radius 1 is 1.29 bits per heavy atom. The molecule has 2 nitrogen and oxygen atoms in total. The van der Waals surface area contributed by atoms with Crippen LogP contribution in [0.15, 0.2) is 36.9 Å². The smallest absolute Gasteiger partial charge is 0.0949 e. The zero-order valence-corrected chi connectivity index (χ0v) is 8.57. The summed E-state index contributed by atoms with van der Waals surface area (Å²) in [6.07, 6.45) is 5.65. The summed E-state index contributed by atoms with van der Waals surface area (Å²) in [5.41, 5.74) is 4.09. The Morgan fingerprint density at radius 2 is 2.14 bits per heavy atom. The third-order valence-electron chi connectivity index (χ3n) is 2.63. The zero-order chi connectivity index (χ0) is 9.97. The molecule has 0 bridgehead atoms. The fourth-order valence-electron chi connectivity index (χ4n) is 1.56. The van der Waals surface area contributed by atoms with Crippen LogP contribution >= 0.6 is 0 Å². The SMILES string of the molecule is Cc1cccc(Cn2ccnc2)c1C. The highest BCUT2D eigenvalue weighted by Gasteiger charge is 2.00. The van der Waals surface area contributed by atoms with Crippen LogP contribution in [0.2, 0.25) is 0 Å². The maximum absolute atomic E-state index is 4.03. The Balaban J connectivity index is 2.29. The van der Waals surface area contributed by atoms with Crippen molar-refractivity contribution in [1.29, 1.82) is 0 Å². The van der Waals surface area contributed by atoms with Crippen molar-refractivity contribution in [3.63, 3.8) is 0 Å². The van der Waals surface area contributed by atoms with Crippen LogP contribution in [-0.4, -0.2) is 9.55 Å². The van der Waals surface area contributed by atoms with E-state index in [0.717, 1.165) is 6.54 Å². The standard InChI is InChI=1S/C12H14N2/c1-10-4-3-5-12(11(10)2)8-14-7-6-13-9-14/h3-7,9H,8H2,1-2H3. The molecule has 1 aromatic carbocycles. The summed E-state index contributed by atoms with van der Waals surface area (Å²) in [6, 6.07) is 6.42. The van der Waals surface area contributed by atoms with Gasteiger partial charge in [0.15, 0.2) is 0 Å². The highest BCUT2D eigenvalue weighted by atomic mass is 15.0. The van der Waals surface area contributed by atoms with Gasteiger partial charge in [-0.05, 0) is 30.5 Å². The van der Waals surface area contributed by atoms with Gasteiger partial charge in [-0.1, -0.05) is 18.2 Å². The van der Waals surface area contributed by atoms with Gasteiger partial charge in [0.05, 0.1) is 6.33 Å². The Bertz CT molecular complexity index is 416. The average molecular weight is 186 g/mol. The van der Waals surface area contributed by atoms with Crippen LogP contribution in [0.5, 0.6) is 0 Å². The lowest BCUT2D eigenvalue weighted by Crippen LogP contribution is -1.99. The topological polar surface area (TPSA) is 17.8 Å². The third-order valence-corrected chi connectivity index (χ3v) is 2.63. The van der Waals surface area contributed by atoms with Crippen molar-refractivity contribution in [1.82, 2.24) is 9.55 Å². The van der Waals surface area contributed by atoms with E-state index in [1.54, 1.807) is 0 Å². The lowest BCUT2D eigenvalue weighted by molar-refractivity contribution is 0.791. The molecule has 2 rings (SSSR count). The van der Waals surface area contributed by atoms with Crippen molar-refractivity contribution in [3.05, 3.63) is 53.6 Å². The van der Waals surface area contributed by atoms with Gasteiger partial charge >= 0.3 is 0 Å². The molecule has 14 heavy (non-hydrogen) atoms. The normalized spacial score (nSPS) is 10.4. The van der Waals surface area contributed by atoms with Crippen molar-refractivity contribution in [2.75, 3.05) is 0 Å². The number of hydrogen-bond acceptors (Lipinski definition) is 1. The predicted molar refractivity (Wildman–Crippen MR) is 57.2 cm³/mol. The molecule has 2 heteroatoms. The van der Waals surface area contributed by atoms with Crippen molar-refractivity contribution >= 4 is 0 Å². The molecule has 0 radical (unpaired) electrons. The van der Waals surface area contributed by atoms with Crippen molar-refractivity contribution in [3.8, 4) is 0 Å². The number of aromatic nitrogens is 2. The van der Waals surface area contributed by atoms with Crippen LogP contribution in [0, 0.1) is 13.8 Å². The summed E-state index contributed by atoms with van der Waals surface area (Å²) in [5, 5.41) is 0. The second-order valence-corrected chi connectivity index (χ2v) is 3.59. The molecule has 1 aromatic heterocycles.